The third-order valence-electron chi connectivity index (χ3n) is 2.84. The molecule has 0 aliphatic rings. The minimum absolute atomic E-state index is 0.160. The molecule has 1 N–H and O–H groups in total. The average Bonchev–Trinajstić information content (AvgIpc) is 2.91. The number of rotatable bonds is 7. The van der Waals surface area contributed by atoms with Gasteiger partial charge in [-0.25, -0.2) is 4.98 Å². The normalized spacial score (nSPS) is 11.6. The molecule has 7 heteroatoms. The first kappa shape index (κ1) is 15.4. The zero-order valence-corrected chi connectivity index (χ0v) is 11.3. The van der Waals surface area contributed by atoms with Gasteiger partial charge in [-0.2, -0.15) is 0 Å². The van der Waals surface area contributed by atoms with Gasteiger partial charge in [0.15, 0.2) is 0 Å². The van der Waals surface area contributed by atoms with Crippen LogP contribution >= 0.6 is 0 Å². The van der Waals surface area contributed by atoms with Crippen LogP contribution in [0, 0.1) is 0 Å². The van der Waals surface area contributed by atoms with Gasteiger partial charge in [0.2, 0.25) is 0 Å². The summed E-state index contributed by atoms with van der Waals surface area (Å²) in [5, 5.41) is 3.11. The lowest BCUT2D eigenvalue weighted by molar-refractivity contribution is -0.274. The summed E-state index contributed by atoms with van der Waals surface area (Å²) in [6, 6.07) is 6.13. The fourth-order valence-electron chi connectivity index (χ4n) is 1.90. The molecule has 1 heterocycles. The first-order valence-corrected chi connectivity index (χ1v) is 6.55. The number of aryl methyl sites for hydroxylation is 1. The third-order valence-corrected chi connectivity index (χ3v) is 2.84. The van der Waals surface area contributed by atoms with E-state index in [1.165, 1.54) is 12.1 Å². The van der Waals surface area contributed by atoms with E-state index in [0.29, 0.717) is 18.7 Å². The molecule has 1 aromatic heterocycles. The average molecular weight is 299 g/mol. The molecule has 2 rings (SSSR count). The Morgan fingerprint density at radius 1 is 1.24 bits per heavy atom. The Hall–Kier alpha value is -2.02. The number of nitrogens with one attached hydrogen (secondary N) is 1. The zero-order valence-electron chi connectivity index (χ0n) is 11.3. The number of ether oxygens (including phenoxy) is 1. The number of aromatic nitrogens is 2. The monoisotopic (exact) mass is 299 g/mol. The van der Waals surface area contributed by atoms with Gasteiger partial charge in [-0.1, -0.05) is 18.2 Å². The number of alkyl halides is 3. The predicted octanol–water partition coefficient (Wildman–Crippen LogP) is 2.96. The van der Waals surface area contributed by atoms with Crippen molar-refractivity contribution in [1.29, 1.82) is 0 Å². The topological polar surface area (TPSA) is 39.1 Å². The highest BCUT2D eigenvalue weighted by Gasteiger charge is 2.31. The van der Waals surface area contributed by atoms with Crippen LogP contribution < -0.4 is 10.1 Å². The molecular formula is C14H16F3N3O. The molecule has 1 aromatic carbocycles. The zero-order chi connectivity index (χ0) is 15.1. The second-order valence-electron chi connectivity index (χ2n) is 4.49. The second-order valence-corrected chi connectivity index (χ2v) is 4.49. The van der Waals surface area contributed by atoms with Gasteiger partial charge >= 0.3 is 6.36 Å². The Balaban J connectivity index is 1.77. The van der Waals surface area contributed by atoms with E-state index in [0.717, 1.165) is 13.0 Å². The van der Waals surface area contributed by atoms with Crippen molar-refractivity contribution in [3.8, 4) is 5.75 Å². The van der Waals surface area contributed by atoms with Gasteiger partial charge in [-0.3, -0.25) is 0 Å². The fraction of sp³-hybridized carbons (Fsp3) is 0.357. The molecule has 0 aliphatic heterocycles. The number of nitrogens with zero attached hydrogens (tertiary/aromatic N) is 2. The number of imidazole rings is 1. The molecule has 0 bridgehead atoms. The number of hydrogen-bond acceptors (Lipinski definition) is 3. The van der Waals surface area contributed by atoms with Crippen molar-refractivity contribution in [2.24, 2.45) is 0 Å². The van der Waals surface area contributed by atoms with E-state index in [2.05, 4.69) is 15.0 Å². The first-order chi connectivity index (χ1) is 10.0. The summed E-state index contributed by atoms with van der Waals surface area (Å²) in [5.41, 5.74) is 0.484. The Labute approximate surface area is 120 Å². The van der Waals surface area contributed by atoms with Gasteiger partial charge in [0.25, 0.3) is 0 Å². The second kappa shape index (κ2) is 7.12. The lowest BCUT2D eigenvalue weighted by Crippen LogP contribution is -2.20. The van der Waals surface area contributed by atoms with Crippen LogP contribution in [0.4, 0.5) is 13.2 Å². The number of benzene rings is 1. The van der Waals surface area contributed by atoms with Crippen molar-refractivity contribution >= 4 is 0 Å². The van der Waals surface area contributed by atoms with E-state index in [-0.39, 0.29) is 5.75 Å². The summed E-state index contributed by atoms with van der Waals surface area (Å²) in [4.78, 5) is 3.93. The predicted molar refractivity (Wildman–Crippen MR) is 71.7 cm³/mol. The maximum atomic E-state index is 12.3. The van der Waals surface area contributed by atoms with Crippen LogP contribution in [-0.4, -0.2) is 22.5 Å². The maximum Gasteiger partial charge on any atom is 0.573 e. The Morgan fingerprint density at radius 3 is 2.76 bits per heavy atom. The van der Waals surface area contributed by atoms with Gasteiger partial charge < -0.3 is 14.6 Å². The largest absolute Gasteiger partial charge is 0.573 e. The Bertz CT molecular complexity index is 541. The van der Waals surface area contributed by atoms with Crippen molar-refractivity contribution in [1.82, 2.24) is 14.9 Å². The first-order valence-electron chi connectivity index (χ1n) is 6.55. The molecule has 0 aliphatic carbocycles. The van der Waals surface area contributed by atoms with Crippen molar-refractivity contribution in [2.45, 2.75) is 25.9 Å². The fourth-order valence-corrected chi connectivity index (χ4v) is 1.90. The summed E-state index contributed by atoms with van der Waals surface area (Å²) in [6.45, 7) is 1.84. The molecule has 0 spiro atoms. The van der Waals surface area contributed by atoms with Gasteiger partial charge in [0.1, 0.15) is 5.75 Å². The van der Waals surface area contributed by atoms with Gasteiger partial charge in [-0.15, -0.1) is 13.2 Å². The van der Waals surface area contributed by atoms with Crippen LogP contribution in [0.2, 0.25) is 0 Å². The Morgan fingerprint density at radius 2 is 2.05 bits per heavy atom. The molecule has 0 saturated carbocycles. The summed E-state index contributed by atoms with van der Waals surface area (Å²) in [5.74, 6) is -0.160. The standard InChI is InChI=1S/C14H16F3N3O/c15-14(16,17)21-13-5-2-1-4-12(13)10-18-6-3-8-20-9-7-19-11-20/h1-2,4-5,7,9,11,18H,3,6,8,10H2. The molecule has 2 aromatic rings. The van der Waals surface area contributed by atoms with Gasteiger partial charge in [0, 0.05) is 31.0 Å². The highest BCUT2D eigenvalue weighted by molar-refractivity contribution is 5.33. The molecule has 0 atom stereocenters. The third kappa shape index (κ3) is 5.47. The Kier molecular flexibility index (Phi) is 5.21. The molecule has 0 fully saturated rings. The molecule has 0 amide bonds. The molecule has 0 saturated heterocycles. The van der Waals surface area contributed by atoms with Crippen molar-refractivity contribution < 1.29 is 17.9 Å². The maximum absolute atomic E-state index is 12.3. The summed E-state index contributed by atoms with van der Waals surface area (Å²) < 4.78 is 42.8. The van der Waals surface area contributed by atoms with Crippen LogP contribution in [0.1, 0.15) is 12.0 Å². The molecule has 0 unspecified atom stereocenters. The van der Waals surface area contributed by atoms with E-state index in [4.69, 9.17) is 0 Å². The summed E-state index contributed by atoms with van der Waals surface area (Å²) >= 11 is 0. The van der Waals surface area contributed by atoms with E-state index in [1.807, 2.05) is 10.8 Å². The van der Waals surface area contributed by atoms with Crippen molar-refractivity contribution in [2.75, 3.05) is 6.54 Å². The highest BCUT2D eigenvalue weighted by atomic mass is 19.4. The minimum atomic E-state index is -4.67. The number of para-hydroxylation sites is 1. The highest BCUT2D eigenvalue weighted by Crippen LogP contribution is 2.25. The smallest absolute Gasteiger partial charge is 0.405 e. The van der Waals surface area contributed by atoms with Crippen LogP contribution in [0.5, 0.6) is 5.75 Å². The summed E-state index contributed by atoms with van der Waals surface area (Å²) in [6.07, 6.45) is 1.49. The SMILES string of the molecule is FC(F)(F)Oc1ccccc1CNCCCn1ccnc1. The molecule has 0 radical (unpaired) electrons. The summed E-state index contributed by atoms with van der Waals surface area (Å²) in [7, 11) is 0. The molecule has 114 valence electrons. The van der Waals surface area contributed by atoms with Gasteiger partial charge in [-0.05, 0) is 19.0 Å². The molecular weight excluding hydrogens is 283 g/mol. The quantitative estimate of drug-likeness (QED) is 0.799. The van der Waals surface area contributed by atoms with E-state index in [1.54, 1.807) is 24.7 Å². The van der Waals surface area contributed by atoms with Crippen molar-refractivity contribution in [3.63, 3.8) is 0 Å². The van der Waals surface area contributed by atoms with Crippen molar-refractivity contribution in [3.05, 3.63) is 48.5 Å². The lowest BCUT2D eigenvalue weighted by Gasteiger charge is -2.13. The minimum Gasteiger partial charge on any atom is -0.405 e. The van der Waals surface area contributed by atoms with Crippen LogP contribution in [0.25, 0.3) is 0 Å². The number of halogens is 3. The van der Waals surface area contributed by atoms with E-state index < -0.39 is 6.36 Å². The van der Waals surface area contributed by atoms with Crippen LogP contribution in [0.3, 0.4) is 0 Å². The van der Waals surface area contributed by atoms with E-state index >= 15 is 0 Å². The molecule has 21 heavy (non-hydrogen) atoms. The van der Waals surface area contributed by atoms with Crippen LogP contribution in [0.15, 0.2) is 43.0 Å². The van der Waals surface area contributed by atoms with Gasteiger partial charge in [0.05, 0.1) is 6.33 Å². The van der Waals surface area contributed by atoms with Crippen LogP contribution in [-0.2, 0) is 13.1 Å². The molecule has 4 nitrogen and oxygen atoms in total. The number of hydrogen-bond donors (Lipinski definition) is 1. The lowest BCUT2D eigenvalue weighted by atomic mass is 10.2. The van der Waals surface area contributed by atoms with E-state index in [9.17, 15) is 13.2 Å².